The molecule has 0 N–H and O–H groups in total. The Morgan fingerprint density at radius 3 is 1.08 bits per heavy atom. The Balaban J connectivity index is 0.000000178. The largest absolute Gasteiger partial charge is 0.424 e. The molecule has 19 heteroatoms. The molecule has 2 aromatic heterocycles. The van der Waals surface area contributed by atoms with Crippen molar-refractivity contribution in [3.8, 4) is 69.8 Å². The van der Waals surface area contributed by atoms with Gasteiger partial charge in [-0.05, 0) is 123 Å². The van der Waals surface area contributed by atoms with Gasteiger partial charge in [0.1, 0.15) is 46.3 Å². The Kier molecular flexibility index (Phi) is 21.2. The third-order valence-corrected chi connectivity index (χ3v) is 18.7. The monoisotopic (exact) mass is 1240 g/mol. The molecule has 10 aromatic carbocycles. The highest BCUT2D eigenvalue weighted by Crippen LogP contribution is 2.46. The molecule has 3 radical (unpaired) electrons. The number of hydrogen-bond donors (Lipinski definition) is 0. The second-order valence-corrected chi connectivity index (χ2v) is 25.0. The van der Waals surface area contributed by atoms with E-state index in [1.54, 1.807) is 133 Å². The van der Waals surface area contributed by atoms with Crippen LogP contribution in [0.4, 0.5) is 17.6 Å². The number of rotatable bonds is 15. The molecule has 0 atom stereocenters. The minimum absolute atomic E-state index is 0. The number of nitrogens with zero attached hydrogens (tertiary/aromatic N) is 6. The molecule has 0 aliphatic heterocycles. The number of aromatic nitrogens is 6. The van der Waals surface area contributed by atoms with E-state index in [1.807, 2.05) is 50.2 Å². The van der Waals surface area contributed by atoms with Crippen LogP contribution < -0.4 is 45.5 Å². The maximum atomic E-state index is 16.8. The predicted octanol–water partition coefficient (Wildman–Crippen LogP) is 16.6. The summed E-state index contributed by atoms with van der Waals surface area (Å²) >= 11 is 6.54. The molecule has 0 aliphatic rings. The van der Waals surface area contributed by atoms with Crippen molar-refractivity contribution < 1.29 is 41.1 Å². The lowest BCUT2D eigenvalue weighted by Crippen LogP contribution is -2.30. The summed E-state index contributed by atoms with van der Waals surface area (Å²) in [5, 5.41) is 2.48. The first-order chi connectivity index (χ1) is 42.6. The van der Waals surface area contributed by atoms with Crippen LogP contribution in [-0.2, 0) is 4.57 Å². The average molecular weight is 1240 g/mol. The first-order valence-electron chi connectivity index (χ1n) is 27.4. The topological polar surface area (TPSA) is 131 Å². The summed E-state index contributed by atoms with van der Waals surface area (Å²) in [5.74, 6) is -1.89. The lowest BCUT2D eigenvalue weighted by molar-refractivity contribution is 0.397. The maximum absolute atomic E-state index is 16.8. The molecule has 2 heterocycles. The van der Waals surface area contributed by atoms with Gasteiger partial charge in [-0.1, -0.05) is 191 Å². The summed E-state index contributed by atoms with van der Waals surface area (Å²) in [7, 11) is -4.80. The van der Waals surface area contributed by atoms with Crippen molar-refractivity contribution in [1.29, 1.82) is 0 Å². The first kappa shape index (κ1) is 63.7. The van der Waals surface area contributed by atoms with Gasteiger partial charge in [-0.3, -0.25) is 0 Å². The normalized spacial score (nSPS) is 10.8. The number of benzene rings is 10. The maximum Gasteiger partial charge on any atom is 0.328 e. The van der Waals surface area contributed by atoms with Crippen LogP contribution in [0, 0.1) is 51.0 Å². The molecule has 0 saturated heterocycles. The lowest BCUT2D eigenvalue weighted by atomic mass is 10.2. The summed E-state index contributed by atoms with van der Waals surface area (Å²) in [6.45, 7) is 7.86. The third-order valence-electron chi connectivity index (χ3n) is 13.0. The number of hydrogen-bond acceptors (Lipinski definition) is 11. The Hall–Kier alpha value is -9.85. The second kappa shape index (κ2) is 29.7. The molecule has 0 unspecified atom stereocenters. The van der Waals surface area contributed by atoms with Gasteiger partial charge in [0.15, 0.2) is 18.8 Å². The van der Waals surface area contributed by atoms with Crippen LogP contribution in [0.25, 0.3) is 22.8 Å². The van der Waals surface area contributed by atoms with Gasteiger partial charge in [0.25, 0.3) is 0 Å². The molecule has 0 amide bonds. The van der Waals surface area contributed by atoms with Gasteiger partial charge in [0.2, 0.25) is 0 Å². The van der Waals surface area contributed by atoms with Crippen molar-refractivity contribution in [2.24, 2.45) is 0 Å². The van der Waals surface area contributed by atoms with Gasteiger partial charge in [-0.25, -0.2) is 17.6 Å². The molecule has 441 valence electrons. The van der Waals surface area contributed by atoms with Crippen LogP contribution in [0.1, 0.15) is 22.3 Å². The van der Waals surface area contributed by atoms with Crippen LogP contribution in [-0.4, -0.2) is 38.3 Å². The summed E-state index contributed by atoms with van der Waals surface area (Å²) in [6.07, 6.45) is 0. The smallest absolute Gasteiger partial charge is 0.328 e. The first-order valence-corrected chi connectivity index (χ1v) is 31.3. The van der Waals surface area contributed by atoms with Crippen molar-refractivity contribution in [3.05, 3.63) is 294 Å². The molecule has 0 saturated carbocycles. The van der Waals surface area contributed by atoms with Gasteiger partial charge in [0, 0.05) is 25.1 Å². The fourth-order valence-electron chi connectivity index (χ4n) is 8.85. The van der Waals surface area contributed by atoms with E-state index in [0.29, 0.717) is 33.6 Å². The lowest BCUT2D eigenvalue weighted by Gasteiger charge is -2.22. The summed E-state index contributed by atoms with van der Waals surface area (Å²) in [6, 6.07) is 70.8. The van der Waals surface area contributed by atoms with Crippen LogP contribution in [0.5, 0.6) is 47.0 Å². The summed E-state index contributed by atoms with van der Waals surface area (Å²) in [5.41, 5.74) is 3.93. The Morgan fingerprint density at radius 2 is 0.719 bits per heavy atom. The highest BCUT2D eigenvalue weighted by atomic mass is 35.7. The van der Waals surface area contributed by atoms with Gasteiger partial charge >= 0.3 is 24.0 Å². The van der Waals surface area contributed by atoms with Crippen LogP contribution in [0.3, 0.4) is 0 Å². The zero-order valence-electron chi connectivity index (χ0n) is 48.3. The fraction of sp³-hybridized carbons (Fsp3) is 0.0571. The van der Waals surface area contributed by atoms with Gasteiger partial charge in [-0.15, -0.1) is 9.97 Å². The van der Waals surface area contributed by atoms with Gasteiger partial charge in [-0.2, -0.15) is 19.9 Å². The summed E-state index contributed by atoms with van der Waals surface area (Å²) < 4.78 is 98.3. The van der Waals surface area contributed by atoms with Crippen molar-refractivity contribution in [2.75, 3.05) is 0 Å². The van der Waals surface area contributed by atoms with Crippen molar-refractivity contribution in [3.63, 3.8) is 0 Å². The van der Waals surface area contributed by atoms with E-state index in [0.717, 1.165) is 29.3 Å². The summed E-state index contributed by atoms with van der Waals surface area (Å²) in [4.78, 5) is 25.4. The Bertz CT molecular complexity index is 4210. The Labute approximate surface area is 520 Å². The number of para-hydroxylation sites is 4. The minimum Gasteiger partial charge on any atom is -0.424 e. The van der Waals surface area contributed by atoms with E-state index in [2.05, 4.69) is 92.3 Å². The van der Waals surface area contributed by atoms with E-state index in [1.165, 1.54) is 33.9 Å². The average Bonchev–Trinajstić information content (AvgIpc) is 0.951. The van der Waals surface area contributed by atoms with E-state index < -0.39 is 43.0 Å². The van der Waals surface area contributed by atoms with E-state index in [4.69, 9.17) is 30.2 Å². The molecule has 12 aromatic rings. The molecule has 11 nitrogen and oxygen atoms in total. The van der Waals surface area contributed by atoms with Crippen LogP contribution in [0.15, 0.2) is 249 Å². The van der Waals surface area contributed by atoms with E-state index in [-0.39, 0.29) is 55.2 Å². The number of ether oxygens (including phenoxy) is 4. The van der Waals surface area contributed by atoms with Gasteiger partial charge < -0.3 is 23.5 Å². The standard InChI is InChI=1S/C35H26F2N3O3P.C21H13F2N3O2.C14H14ClP.B/c1-23-11-9-17-27(21-23)44(41,28-18-10-12-24(2)22-28)32-30(36)20-19-29(31(32)37)33-38-34(42-25-13-5-3-6-14-25)40-35(39-33)43-26-15-7-4-8-16-26;22-14-11-12-17(18(23)13-14)19-24-20(27-15-7-3-1-4-8-15)26-21(25-19)28-16-9-5-2-6-10-16;1-11-5-3-7-13(9-11)16(15)14-8-4-6-12(2)10-14;/h3-22H,1-2H3;1-13H;3-10H,1-2H3;. The van der Waals surface area contributed by atoms with Crippen molar-refractivity contribution in [1.82, 2.24) is 29.9 Å². The van der Waals surface area contributed by atoms with E-state index >= 15 is 13.3 Å². The second-order valence-electron chi connectivity index (χ2n) is 19.7. The zero-order valence-corrected chi connectivity index (χ0v) is 50.8. The van der Waals surface area contributed by atoms with Crippen molar-refractivity contribution >= 4 is 60.6 Å². The van der Waals surface area contributed by atoms with Crippen LogP contribution in [0.2, 0.25) is 0 Å². The molecule has 0 spiro atoms. The number of aryl methyl sites for hydroxylation is 4. The molecule has 0 aliphatic carbocycles. The zero-order chi connectivity index (χ0) is 61.6. The molecule has 12 rings (SSSR count). The molecular weight excluding hydrogens is 1190 g/mol. The minimum atomic E-state index is -4.07. The highest BCUT2D eigenvalue weighted by Gasteiger charge is 2.37. The molecule has 89 heavy (non-hydrogen) atoms. The van der Waals surface area contributed by atoms with Gasteiger partial charge in [0.05, 0.1) is 23.7 Å². The molecule has 0 fully saturated rings. The quantitative estimate of drug-likeness (QED) is 0.0552. The third kappa shape index (κ3) is 16.4. The molecular formula is C70H53BClF4N6O5P2. The van der Waals surface area contributed by atoms with E-state index in [9.17, 15) is 8.78 Å². The van der Waals surface area contributed by atoms with Crippen LogP contribution >= 0.6 is 25.7 Å². The molecule has 0 bridgehead atoms. The highest BCUT2D eigenvalue weighted by molar-refractivity contribution is 7.95. The fourth-order valence-corrected chi connectivity index (χ4v) is 13.8. The number of halogens is 5. The SMILES string of the molecule is Cc1cccc(P(=O)(c2cccc(C)c2)c2c(F)ccc(-c3nc(Oc4ccccc4)nc(Oc4ccccc4)n3)c2F)c1.Cc1cccc(P(Cl)c2cccc(C)c2)c1.Fc1ccc(-c2nc(Oc3ccccc3)nc(Oc3ccccc3)n2)c(F)c1.[B]. The van der Waals surface area contributed by atoms with Crippen molar-refractivity contribution in [2.45, 2.75) is 27.7 Å². The Morgan fingerprint density at radius 1 is 0.371 bits per heavy atom. The predicted molar refractivity (Wildman–Crippen MR) is 345 cm³/mol.